The van der Waals surface area contributed by atoms with Crippen LogP contribution in [-0.4, -0.2) is 59.6 Å². The van der Waals surface area contributed by atoms with Crippen molar-refractivity contribution in [1.29, 1.82) is 0 Å². The quantitative estimate of drug-likeness (QED) is 0.831. The Kier molecular flexibility index (Phi) is 3.55. The number of rotatable bonds is 3. The first-order valence-electron chi connectivity index (χ1n) is 7.22. The van der Waals surface area contributed by atoms with Crippen LogP contribution in [0.4, 0.5) is 5.69 Å². The summed E-state index contributed by atoms with van der Waals surface area (Å²) in [6, 6.07) is 5.44. The van der Waals surface area contributed by atoms with Gasteiger partial charge in [0.2, 0.25) is 0 Å². The van der Waals surface area contributed by atoms with E-state index in [1.54, 1.807) is 17.0 Å². The maximum Gasteiger partial charge on any atom is 0.274 e. The van der Waals surface area contributed by atoms with Crippen LogP contribution < -0.4 is 5.73 Å². The first-order chi connectivity index (χ1) is 10.0. The maximum atomic E-state index is 12.6. The fourth-order valence-electron chi connectivity index (χ4n) is 3.02. The van der Waals surface area contributed by atoms with E-state index >= 15 is 0 Å². The van der Waals surface area contributed by atoms with E-state index in [1.165, 1.54) is 0 Å². The molecule has 1 atom stereocenters. The summed E-state index contributed by atoms with van der Waals surface area (Å²) in [4.78, 5) is 16.7. The monoisotopic (exact) mass is 287 g/mol. The van der Waals surface area contributed by atoms with E-state index in [1.807, 2.05) is 13.1 Å². The molecule has 6 heteroatoms. The van der Waals surface area contributed by atoms with Crippen LogP contribution in [0.2, 0.25) is 0 Å². The molecule has 1 unspecified atom stereocenters. The number of hydrogen-bond acceptors (Lipinski definition) is 4. The average Bonchev–Trinajstić information content (AvgIpc) is 3.04. The van der Waals surface area contributed by atoms with Gasteiger partial charge in [-0.25, -0.2) is 0 Å². The van der Waals surface area contributed by atoms with Gasteiger partial charge in [0.1, 0.15) is 0 Å². The van der Waals surface area contributed by atoms with Crippen molar-refractivity contribution < 1.29 is 4.79 Å². The zero-order valence-electron chi connectivity index (χ0n) is 12.5. The molecule has 112 valence electrons. The van der Waals surface area contributed by atoms with E-state index in [9.17, 15) is 4.79 Å². The van der Waals surface area contributed by atoms with Crippen LogP contribution in [0.1, 0.15) is 16.9 Å². The van der Waals surface area contributed by atoms with Crippen LogP contribution in [0.15, 0.2) is 18.2 Å². The molecule has 2 heterocycles. The van der Waals surface area contributed by atoms with Crippen molar-refractivity contribution in [1.82, 2.24) is 20.0 Å². The second kappa shape index (κ2) is 5.37. The predicted octanol–water partition coefficient (Wildman–Crippen LogP) is 1.17. The highest BCUT2D eigenvalue weighted by Crippen LogP contribution is 2.21. The van der Waals surface area contributed by atoms with Crippen molar-refractivity contribution >= 4 is 22.5 Å². The molecule has 2 aromatic rings. The van der Waals surface area contributed by atoms with Crippen molar-refractivity contribution in [3.8, 4) is 0 Å². The zero-order chi connectivity index (χ0) is 15.0. The Labute approximate surface area is 123 Å². The zero-order valence-corrected chi connectivity index (χ0v) is 12.5. The topological polar surface area (TPSA) is 78.2 Å². The molecular formula is C15H21N5O. The number of nitrogens with one attached hydrogen (secondary N) is 1. The first kappa shape index (κ1) is 13.9. The van der Waals surface area contributed by atoms with Gasteiger partial charge in [-0.3, -0.25) is 9.89 Å². The third kappa shape index (κ3) is 2.71. The van der Waals surface area contributed by atoms with Gasteiger partial charge in [-0.15, -0.1) is 0 Å². The standard InChI is InChI=1S/C15H21N5O/c1-19-6-5-10(8-19)9-20(2)15(21)14-12-7-11(16)3-4-13(12)17-18-14/h3-4,7,10H,5-6,8-9,16H2,1-2H3,(H,17,18). The molecule has 0 saturated carbocycles. The van der Waals surface area contributed by atoms with Crippen LogP contribution in [-0.2, 0) is 0 Å². The number of anilines is 1. The number of benzene rings is 1. The smallest absolute Gasteiger partial charge is 0.274 e. The van der Waals surface area contributed by atoms with Gasteiger partial charge >= 0.3 is 0 Å². The molecule has 21 heavy (non-hydrogen) atoms. The number of likely N-dealkylation sites (tertiary alicyclic amines) is 1. The lowest BCUT2D eigenvalue weighted by atomic mass is 10.1. The second-order valence-corrected chi connectivity index (χ2v) is 5.98. The normalized spacial score (nSPS) is 19.2. The first-order valence-corrected chi connectivity index (χ1v) is 7.22. The molecule has 0 bridgehead atoms. The van der Waals surface area contributed by atoms with Gasteiger partial charge in [0, 0.05) is 31.2 Å². The molecule has 0 aliphatic carbocycles. The highest BCUT2D eigenvalue weighted by molar-refractivity contribution is 6.05. The summed E-state index contributed by atoms with van der Waals surface area (Å²) in [5.41, 5.74) is 7.73. The van der Waals surface area contributed by atoms with E-state index < -0.39 is 0 Å². The molecule has 1 fully saturated rings. The number of amides is 1. The number of aromatic nitrogens is 2. The second-order valence-electron chi connectivity index (χ2n) is 5.98. The molecular weight excluding hydrogens is 266 g/mol. The lowest BCUT2D eigenvalue weighted by Crippen LogP contribution is -2.33. The average molecular weight is 287 g/mol. The van der Waals surface area contributed by atoms with Gasteiger partial charge in [-0.2, -0.15) is 5.10 Å². The summed E-state index contributed by atoms with van der Waals surface area (Å²) in [5.74, 6) is 0.487. The molecule has 1 aliphatic rings. The Morgan fingerprint density at radius 1 is 1.57 bits per heavy atom. The summed E-state index contributed by atoms with van der Waals surface area (Å²) in [6.07, 6.45) is 1.14. The number of nitrogen functional groups attached to an aromatic ring is 1. The van der Waals surface area contributed by atoms with E-state index in [0.29, 0.717) is 17.3 Å². The molecule has 0 spiro atoms. The molecule has 1 aromatic heterocycles. The number of nitrogens with two attached hydrogens (primary N) is 1. The van der Waals surface area contributed by atoms with Gasteiger partial charge in [-0.1, -0.05) is 0 Å². The maximum absolute atomic E-state index is 12.6. The summed E-state index contributed by atoms with van der Waals surface area (Å²) < 4.78 is 0. The van der Waals surface area contributed by atoms with Crippen molar-refractivity contribution in [3.05, 3.63) is 23.9 Å². The molecule has 1 aliphatic heterocycles. The number of carbonyl (C=O) groups excluding carboxylic acids is 1. The summed E-state index contributed by atoms with van der Waals surface area (Å²) in [5, 5.41) is 7.84. The Bertz CT molecular complexity index is 665. The highest BCUT2D eigenvalue weighted by Gasteiger charge is 2.25. The molecule has 3 rings (SSSR count). The number of H-pyrrole nitrogens is 1. The van der Waals surface area contributed by atoms with Crippen LogP contribution in [0, 0.1) is 5.92 Å². The van der Waals surface area contributed by atoms with Crippen LogP contribution in [0.3, 0.4) is 0 Å². The van der Waals surface area contributed by atoms with Crippen molar-refractivity contribution in [2.45, 2.75) is 6.42 Å². The van der Waals surface area contributed by atoms with Crippen LogP contribution in [0.25, 0.3) is 10.9 Å². The van der Waals surface area contributed by atoms with Gasteiger partial charge in [-0.05, 0) is 44.1 Å². The van der Waals surface area contributed by atoms with Crippen LogP contribution in [0.5, 0.6) is 0 Å². The fraction of sp³-hybridized carbons (Fsp3) is 0.467. The van der Waals surface area contributed by atoms with Crippen molar-refractivity contribution in [3.63, 3.8) is 0 Å². The number of carbonyl (C=O) groups is 1. The molecule has 1 amide bonds. The lowest BCUT2D eigenvalue weighted by Gasteiger charge is -2.20. The SMILES string of the molecule is CN1CCC(CN(C)C(=O)c2n[nH]c3ccc(N)cc23)C1. The van der Waals surface area contributed by atoms with Gasteiger partial charge < -0.3 is 15.5 Å². The molecule has 1 aromatic carbocycles. The Balaban J connectivity index is 1.78. The number of aromatic amines is 1. The Hall–Kier alpha value is -2.08. The van der Waals surface area contributed by atoms with Gasteiger partial charge in [0.25, 0.3) is 5.91 Å². The van der Waals surface area contributed by atoms with Crippen molar-refractivity contribution in [2.24, 2.45) is 5.92 Å². The van der Waals surface area contributed by atoms with E-state index in [4.69, 9.17) is 5.73 Å². The summed E-state index contributed by atoms with van der Waals surface area (Å²) >= 11 is 0. The molecule has 1 saturated heterocycles. The minimum absolute atomic E-state index is 0.0543. The highest BCUT2D eigenvalue weighted by atomic mass is 16.2. The summed E-state index contributed by atoms with van der Waals surface area (Å²) in [7, 11) is 3.96. The summed E-state index contributed by atoms with van der Waals surface area (Å²) in [6.45, 7) is 2.92. The number of nitrogens with zero attached hydrogens (tertiary/aromatic N) is 3. The number of hydrogen-bond donors (Lipinski definition) is 2. The molecule has 3 N–H and O–H groups in total. The van der Waals surface area contributed by atoms with E-state index in [0.717, 1.165) is 37.0 Å². The minimum Gasteiger partial charge on any atom is -0.399 e. The number of fused-ring (bicyclic) bond motifs is 1. The Morgan fingerprint density at radius 2 is 2.38 bits per heavy atom. The lowest BCUT2D eigenvalue weighted by molar-refractivity contribution is 0.0770. The third-order valence-electron chi connectivity index (χ3n) is 4.16. The molecule has 0 radical (unpaired) electrons. The van der Waals surface area contributed by atoms with Gasteiger partial charge in [0.15, 0.2) is 5.69 Å². The third-order valence-corrected chi connectivity index (χ3v) is 4.16. The van der Waals surface area contributed by atoms with E-state index in [2.05, 4.69) is 22.1 Å². The van der Waals surface area contributed by atoms with E-state index in [-0.39, 0.29) is 5.91 Å². The predicted molar refractivity (Wildman–Crippen MR) is 83.1 cm³/mol. The van der Waals surface area contributed by atoms with Crippen molar-refractivity contribution in [2.75, 3.05) is 39.5 Å². The fourth-order valence-corrected chi connectivity index (χ4v) is 3.02. The van der Waals surface area contributed by atoms with Crippen LogP contribution >= 0.6 is 0 Å². The molecule has 6 nitrogen and oxygen atoms in total. The van der Waals surface area contributed by atoms with Gasteiger partial charge in [0.05, 0.1) is 5.52 Å². The Morgan fingerprint density at radius 3 is 3.10 bits per heavy atom. The minimum atomic E-state index is -0.0543. The largest absolute Gasteiger partial charge is 0.399 e.